The first-order valence-corrected chi connectivity index (χ1v) is 5.82. The minimum absolute atomic E-state index is 0.0128. The molecular formula is C12H13F3N2O3. The number of nitrogens with one attached hydrogen (secondary N) is 2. The summed E-state index contributed by atoms with van der Waals surface area (Å²) in [5.41, 5.74) is -0.480. The zero-order valence-electron chi connectivity index (χ0n) is 10.4. The van der Waals surface area contributed by atoms with Crippen LogP contribution in [0.2, 0.25) is 0 Å². The molecule has 0 aliphatic heterocycles. The predicted molar refractivity (Wildman–Crippen MR) is 64.8 cm³/mol. The van der Waals surface area contributed by atoms with Crippen molar-refractivity contribution < 1.29 is 27.9 Å². The fourth-order valence-corrected chi connectivity index (χ4v) is 1.39. The second-order valence-corrected chi connectivity index (χ2v) is 3.95. The molecule has 0 aromatic heterocycles. The molecule has 5 nitrogen and oxygen atoms in total. The molecule has 1 rings (SSSR count). The van der Waals surface area contributed by atoms with Crippen molar-refractivity contribution in [3.8, 4) is 0 Å². The van der Waals surface area contributed by atoms with Gasteiger partial charge in [-0.25, -0.2) is 18.0 Å². The molecule has 0 unspecified atom stereocenters. The average molecular weight is 290 g/mol. The summed E-state index contributed by atoms with van der Waals surface area (Å²) < 4.78 is 38.8. The van der Waals surface area contributed by atoms with Gasteiger partial charge in [0.1, 0.15) is 0 Å². The monoisotopic (exact) mass is 290 g/mol. The topological polar surface area (TPSA) is 78.4 Å². The summed E-state index contributed by atoms with van der Waals surface area (Å²) in [4.78, 5) is 21.6. The largest absolute Gasteiger partial charge is 0.481 e. The number of amides is 2. The average Bonchev–Trinajstić information content (AvgIpc) is 2.39. The maximum absolute atomic E-state index is 13.2. The summed E-state index contributed by atoms with van der Waals surface area (Å²) in [6.07, 6.45) is 0.802. The van der Waals surface area contributed by atoms with E-state index in [2.05, 4.69) is 5.32 Å². The van der Waals surface area contributed by atoms with Gasteiger partial charge in [0, 0.05) is 13.0 Å². The van der Waals surface area contributed by atoms with Crippen molar-refractivity contribution in [1.29, 1.82) is 0 Å². The summed E-state index contributed by atoms with van der Waals surface area (Å²) in [6, 6.07) is 0.809. The lowest BCUT2D eigenvalue weighted by atomic mass is 10.2. The lowest BCUT2D eigenvalue weighted by Crippen LogP contribution is -2.30. The van der Waals surface area contributed by atoms with Gasteiger partial charge in [0.15, 0.2) is 17.5 Å². The first-order valence-electron chi connectivity index (χ1n) is 5.82. The molecule has 0 aliphatic rings. The SMILES string of the molecule is O=C(O)CCCCNC(=O)Nc1ccc(F)c(F)c1F. The van der Waals surface area contributed by atoms with Crippen LogP contribution in [0.4, 0.5) is 23.7 Å². The third kappa shape index (κ3) is 4.79. The smallest absolute Gasteiger partial charge is 0.319 e. The van der Waals surface area contributed by atoms with Crippen LogP contribution >= 0.6 is 0 Å². The summed E-state index contributed by atoms with van der Waals surface area (Å²) in [6.45, 7) is 0.185. The number of urea groups is 1. The van der Waals surface area contributed by atoms with E-state index in [1.807, 2.05) is 5.32 Å². The number of anilines is 1. The Morgan fingerprint density at radius 2 is 1.80 bits per heavy atom. The Morgan fingerprint density at radius 1 is 1.10 bits per heavy atom. The van der Waals surface area contributed by atoms with Gasteiger partial charge < -0.3 is 15.7 Å². The Bertz CT molecular complexity index is 509. The summed E-state index contributed by atoms with van der Waals surface area (Å²) >= 11 is 0. The van der Waals surface area contributed by atoms with E-state index in [-0.39, 0.29) is 13.0 Å². The van der Waals surface area contributed by atoms with E-state index in [9.17, 15) is 22.8 Å². The maximum Gasteiger partial charge on any atom is 0.319 e. The van der Waals surface area contributed by atoms with E-state index in [1.165, 1.54) is 0 Å². The number of carbonyl (C=O) groups is 2. The normalized spacial score (nSPS) is 10.2. The van der Waals surface area contributed by atoms with Crippen molar-refractivity contribution in [2.75, 3.05) is 11.9 Å². The summed E-state index contributed by atoms with van der Waals surface area (Å²) in [5.74, 6) is -5.42. The van der Waals surface area contributed by atoms with Crippen LogP contribution in [0.5, 0.6) is 0 Å². The highest BCUT2D eigenvalue weighted by Gasteiger charge is 2.14. The number of carboxylic acids is 1. The molecule has 0 fully saturated rings. The summed E-state index contributed by atoms with van der Waals surface area (Å²) in [7, 11) is 0. The maximum atomic E-state index is 13.2. The number of carbonyl (C=O) groups excluding carboxylic acids is 1. The Hall–Kier alpha value is -2.25. The third-order valence-corrected chi connectivity index (χ3v) is 2.39. The molecule has 2 amide bonds. The molecule has 3 N–H and O–H groups in total. The first-order chi connectivity index (χ1) is 9.41. The Labute approximate surface area is 112 Å². The van der Waals surface area contributed by atoms with Gasteiger partial charge in [-0.1, -0.05) is 0 Å². The fourth-order valence-electron chi connectivity index (χ4n) is 1.39. The molecule has 110 valence electrons. The number of unbranched alkanes of at least 4 members (excludes halogenated alkanes) is 1. The number of benzene rings is 1. The minimum Gasteiger partial charge on any atom is -0.481 e. The van der Waals surface area contributed by atoms with E-state index in [1.54, 1.807) is 0 Å². The Balaban J connectivity index is 2.39. The Kier molecular flexibility index (Phi) is 5.82. The van der Waals surface area contributed by atoms with Gasteiger partial charge in [0.05, 0.1) is 5.69 Å². The van der Waals surface area contributed by atoms with Crippen LogP contribution in [0.3, 0.4) is 0 Å². The number of carboxylic acid groups (broad SMARTS) is 1. The molecule has 0 bridgehead atoms. The number of hydrogen-bond acceptors (Lipinski definition) is 2. The number of halogens is 3. The van der Waals surface area contributed by atoms with Gasteiger partial charge in [-0.3, -0.25) is 4.79 Å². The molecule has 20 heavy (non-hydrogen) atoms. The molecule has 0 spiro atoms. The lowest BCUT2D eigenvalue weighted by molar-refractivity contribution is -0.137. The van der Waals surface area contributed by atoms with E-state index in [0.29, 0.717) is 18.9 Å². The number of hydrogen-bond donors (Lipinski definition) is 3. The molecule has 0 radical (unpaired) electrons. The van der Waals surface area contributed by atoms with Gasteiger partial charge in [-0.2, -0.15) is 0 Å². The minimum atomic E-state index is -1.66. The number of rotatable bonds is 6. The van der Waals surface area contributed by atoms with E-state index in [0.717, 1.165) is 6.07 Å². The summed E-state index contributed by atoms with van der Waals surface area (Å²) in [5, 5.41) is 12.8. The number of aliphatic carboxylic acids is 1. The van der Waals surface area contributed by atoms with Crippen LogP contribution in [0, 0.1) is 17.5 Å². The molecule has 0 aliphatic carbocycles. The zero-order chi connectivity index (χ0) is 15.1. The highest BCUT2D eigenvalue weighted by atomic mass is 19.2. The second kappa shape index (κ2) is 7.37. The molecule has 0 atom stereocenters. The second-order valence-electron chi connectivity index (χ2n) is 3.95. The van der Waals surface area contributed by atoms with Crippen LogP contribution in [-0.4, -0.2) is 23.7 Å². The van der Waals surface area contributed by atoms with Crippen molar-refractivity contribution >= 4 is 17.7 Å². The molecular weight excluding hydrogens is 277 g/mol. The van der Waals surface area contributed by atoms with Gasteiger partial charge >= 0.3 is 12.0 Å². The lowest BCUT2D eigenvalue weighted by Gasteiger charge is -2.08. The highest BCUT2D eigenvalue weighted by molar-refractivity contribution is 5.89. The van der Waals surface area contributed by atoms with E-state index in [4.69, 9.17) is 5.11 Å². The zero-order valence-corrected chi connectivity index (χ0v) is 10.4. The van der Waals surface area contributed by atoms with Crippen molar-refractivity contribution in [1.82, 2.24) is 5.32 Å². The van der Waals surface area contributed by atoms with Crippen molar-refractivity contribution in [2.45, 2.75) is 19.3 Å². The Morgan fingerprint density at radius 3 is 2.45 bits per heavy atom. The van der Waals surface area contributed by atoms with Gasteiger partial charge in [0.25, 0.3) is 0 Å². The van der Waals surface area contributed by atoms with Crippen LogP contribution in [0.25, 0.3) is 0 Å². The molecule has 0 heterocycles. The molecule has 0 saturated heterocycles. The van der Waals surface area contributed by atoms with Crippen molar-refractivity contribution in [2.24, 2.45) is 0 Å². The van der Waals surface area contributed by atoms with Crippen LogP contribution in [0.1, 0.15) is 19.3 Å². The third-order valence-electron chi connectivity index (χ3n) is 2.39. The van der Waals surface area contributed by atoms with Gasteiger partial charge in [-0.05, 0) is 25.0 Å². The standard InChI is InChI=1S/C12H13F3N2O3/c13-7-4-5-8(11(15)10(7)14)17-12(20)16-6-2-1-3-9(18)19/h4-5H,1-3,6H2,(H,18,19)(H2,16,17,20). The molecule has 1 aromatic carbocycles. The quantitative estimate of drug-likeness (QED) is 0.556. The first kappa shape index (κ1) is 15.8. The predicted octanol–water partition coefficient (Wildman–Crippen LogP) is 2.48. The molecule has 8 heteroatoms. The van der Waals surface area contributed by atoms with Crippen LogP contribution in [-0.2, 0) is 4.79 Å². The van der Waals surface area contributed by atoms with Crippen molar-refractivity contribution in [3.05, 3.63) is 29.6 Å². The molecule has 0 saturated carbocycles. The van der Waals surface area contributed by atoms with E-state index >= 15 is 0 Å². The fraction of sp³-hybridized carbons (Fsp3) is 0.333. The highest BCUT2D eigenvalue weighted by Crippen LogP contribution is 2.19. The van der Waals surface area contributed by atoms with Crippen LogP contribution < -0.4 is 10.6 Å². The van der Waals surface area contributed by atoms with Gasteiger partial charge in [-0.15, -0.1) is 0 Å². The molecule has 1 aromatic rings. The van der Waals surface area contributed by atoms with Gasteiger partial charge in [0.2, 0.25) is 0 Å². The van der Waals surface area contributed by atoms with Crippen LogP contribution in [0.15, 0.2) is 12.1 Å². The van der Waals surface area contributed by atoms with E-state index < -0.39 is 35.1 Å². The van der Waals surface area contributed by atoms with Crippen molar-refractivity contribution in [3.63, 3.8) is 0 Å².